The Balaban J connectivity index is 1.93. The highest BCUT2D eigenvalue weighted by Gasteiger charge is 2.38. The van der Waals surface area contributed by atoms with Gasteiger partial charge < -0.3 is 16.2 Å². The molecule has 0 spiro atoms. The Hall–Kier alpha value is -1.93. The largest absolute Gasteiger partial charge is 0.474 e. The van der Waals surface area contributed by atoms with Crippen molar-refractivity contribution in [3.8, 4) is 5.88 Å². The zero-order valence-corrected chi connectivity index (χ0v) is 14.8. The van der Waals surface area contributed by atoms with Crippen molar-refractivity contribution in [2.75, 3.05) is 12.0 Å². The highest BCUT2D eigenvalue weighted by atomic mass is 32.2. The molecule has 0 aliphatic heterocycles. The summed E-state index contributed by atoms with van der Waals surface area (Å²) in [5, 5.41) is 1.24. The Morgan fingerprint density at radius 1 is 1.21 bits per heavy atom. The van der Waals surface area contributed by atoms with Gasteiger partial charge in [-0.05, 0) is 30.9 Å². The van der Waals surface area contributed by atoms with Crippen molar-refractivity contribution in [3.05, 3.63) is 24.0 Å². The summed E-state index contributed by atoms with van der Waals surface area (Å²) in [5.74, 6) is 0.827. The second-order valence-corrected chi connectivity index (χ2v) is 9.34. The third-order valence-electron chi connectivity index (χ3n) is 4.39. The third-order valence-corrected chi connectivity index (χ3v) is 5.98. The summed E-state index contributed by atoms with van der Waals surface area (Å²) in [6, 6.07) is 1.76. The topological polar surface area (TPSA) is 121 Å². The third kappa shape index (κ3) is 3.16. The number of nitrogens with two attached hydrogens (primary N) is 2. The van der Waals surface area contributed by atoms with E-state index in [9.17, 15) is 8.42 Å². The van der Waals surface area contributed by atoms with E-state index in [1.54, 1.807) is 18.5 Å². The second kappa shape index (κ2) is 5.56. The molecule has 0 unspecified atom stereocenters. The molecule has 3 rings (SSSR count). The quantitative estimate of drug-likeness (QED) is 0.854. The molecule has 1 fully saturated rings. The van der Waals surface area contributed by atoms with E-state index in [0.717, 1.165) is 16.3 Å². The lowest BCUT2D eigenvalue weighted by molar-refractivity contribution is 0.119. The number of fused-ring (bicyclic) bond motifs is 1. The number of nitrogen functional groups attached to an aromatic ring is 1. The van der Waals surface area contributed by atoms with Gasteiger partial charge in [-0.25, -0.2) is 18.4 Å². The highest BCUT2D eigenvalue weighted by molar-refractivity contribution is 7.91. The standard InChI is InChI=1S/C16H22N4O3S/c1-16(2,18)13-8-20-15(12-7-19-14(17)6-11(12)13)23-9-4-10(5-9)24(3,21)22/h6-10H,4-5,18H2,1-3H3,(H2,17,19). The van der Waals surface area contributed by atoms with Gasteiger partial charge in [-0.15, -0.1) is 0 Å². The minimum Gasteiger partial charge on any atom is -0.474 e. The van der Waals surface area contributed by atoms with E-state index in [1.807, 2.05) is 13.8 Å². The monoisotopic (exact) mass is 350 g/mol. The van der Waals surface area contributed by atoms with Crippen molar-refractivity contribution in [2.24, 2.45) is 5.73 Å². The number of pyridine rings is 2. The SMILES string of the molecule is CC(C)(N)c1cnc(OC2CC(S(C)(=O)=O)C2)c2cnc(N)cc12. The molecule has 24 heavy (non-hydrogen) atoms. The molecular weight excluding hydrogens is 328 g/mol. The normalized spacial score (nSPS) is 21.5. The van der Waals surface area contributed by atoms with Gasteiger partial charge in [0.15, 0.2) is 9.84 Å². The smallest absolute Gasteiger partial charge is 0.223 e. The number of nitrogens with zero attached hydrogens (tertiary/aromatic N) is 2. The van der Waals surface area contributed by atoms with Crippen molar-refractivity contribution >= 4 is 26.4 Å². The molecule has 0 bridgehead atoms. The van der Waals surface area contributed by atoms with Crippen LogP contribution in [0.3, 0.4) is 0 Å². The first-order valence-corrected chi connectivity index (χ1v) is 9.70. The van der Waals surface area contributed by atoms with Gasteiger partial charge in [0.25, 0.3) is 0 Å². The van der Waals surface area contributed by atoms with Crippen molar-refractivity contribution in [2.45, 2.75) is 43.6 Å². The molecule has 0 radical (unpaired) electrons. The van der Waals surface area contributed by atoms with E-state index in [4.69, 9.17) is 16.2 Å². The first kappa shape index (κ1) is 16.9. The van der Waals surface area contributed by atoms with Gasteiger partial charge >= 0.3 is 0 Å². The average Bonchev–Trinajstić information content (AvgIpc) is 2.38. The predicted octanol–water partition coefficient (Wildman–Crippen LogP) is 1.36. The molecule has 1 aliphatic carbocycles. The Morgan fingerprint density at radius 3 is 2.46 bits per heavy atom. The highest BCUT2D eigenvalue weighted by Crippen LogP contribution is 2.35. The summed E-state index contributed by atoms with van der Waals surface area (Å²) in [4.78, 5) is 8.50. The van der Waals surface area contributed by atoms with E-state index < -0.39 is 15.4 Å². The first-order chi connectivity index (χ1) is 11.1. The van der Waals surface area contributed by atoms with Gasteiger partial charge in [-0.2, -0.15) is 0 Å². The maximum atomic E-state index is 11.5. The molecule has 2 aromatic rings. The summed E-state index contributed by atoms with van der Waals surface area (Å²) < 4.78 is 28.9. The average molecular weight is 350 g/mol. The Morgan fingerprint density at radius 2 is 1.88 bits per heavy atom. The molecule has 8 heteroatoms. The maximum Gasteiger partial charge on any atom is 0.223 e. The van der Waals surface area contributed by atoms with Gasteiger partial charge in [0.1, 0.15) is 11.9 Å². The van der Waals surface area contributed by atoms with Crippen LogP contribution >= 0.6 is 0 Å². The summed E-state index contributed by atoms with van der Waals surface area (Å²) in [6.45, 7) is 3.78. The zero-order valence-electron chi connectivity index (χ0n) is 14.0. The van der Waals surface area contributed by atoms with Crippen molar-refractivity contribution < 1.29 is 13.2 Å². The van der Waals surface area contributed by atoms with Crippen LogP contribution in [0.1, 0.15) is 32.3 Å². The summed E-state index contributed by atoms with van der Waals surface area (Å²) in [6.07, 6.45) is 5.36. The Bertz CT molecular complexity index is 884. The fourth-order valence-corrected chi connectivity index (χ4v) is 3.98. The number of rotatable bonds is 4. The number of ether oxygens (including phenoxy) is 1. The minimum atomic E-state index is -3.01. The number of hydrogen-bond donors (Lipinski definition) is 2. The minimum absolute atomic E-state index is 0.158. The van der Waals surface area contributed by atoms with Crippen LogP contribution in [0.2, 0.25) is 0 Å². The Labute approximate surface area is 141 Å². The molecule has 2 heterocycles. The lowest BCUT2D eigenvalue weighted by atomic mass is 9.92. The van der Waals surface area contributed by atoms with Crippen molar-refractivity contribution in [3.63, 3.8) is 0 Å². The Kier molecular flexibility index (Phi) is 3.92. The fourth-order valence-electron chi connectivity index (χ4n) is 2.86. The van der Waals surface area contributed by atoms with Crippen LogP contribution in [0.5, 0.6) is 5.88 Å². The van der Waals surface area contributed by atoms with E-state index in [1.165, 1.54) is 6.26 Å². The summed E-state index contributed by atoms with van der Waals surface area (Å²) in [7, 11) is -3.01. The van der Waals surface area contributed by atoms with E-state index >= 15 is 0 Å². The van der Waals surface area contributed by atoms with Crippen LogP contribution < -0.4 is 16.2 Å². The first-order valence-electron chi connectivity index (χ1n) is 7.75. The van der Waals surface area contributed by atoms with Gasteiger partial charge in [-0.1, -0.05) is 0 Å². The van der Waals surface area contributed by atoms with Crippen LogP contribution in [-0.4, -0.2) is 36.0 Å². The fraction of sp³-hybridized carbons (Fsp3) is 0.500. The van der Waals surface area contributed by atoms with E-state index in [2.05, 4.69) is 9.97 Å². The molecular formula is C16H22N4O3S. The molecule has 130 valence electrons. The van der Waals surface area contributed by atoms with Crippen LogP contribution in [0.4, 0.5) is 5.82 Å². The van der Waals surface area contributed by atoms with Crippen molar-refractivity contribution in [1.29, 1.82) is 0 Å². The second-order valence-electron chi connectivity index (χ2n) is 7.02. The number of sulfone groups is 1. The van der Waals surface area contributed by atoms with E-state index in [0.29, 0.717) is 24.5 Å². The van der Waals surface area contributed by atoms with Crippen LogP contribution in [-0.2, 0) is 15.4 Å². The predicted molar refractivity (Wildman–Crippen MR) is 93.4 cm³/mol. The molecule has 4 N–H and O–H groups in total. The van der Waals surface area contributed by atoms with Crippen LogP contribution in [0, 0.1) is 0 Å². The molecule has 0 saturated heterocycles. The molecule has 0 aromatic carbocycles. The van der Waals surface area contributed by atoms with Gasteiger partial charge in [0.2, 0.25) is 5.88 Å². The van der Waals surface area contributed by atoms with Gasteiger partial charge in [-0.3, -0.25) is 0 Å². The van der Waals surface area contributed by atoms with Gasteiger partial charge in [0.05, 0.1) is 10.6 Å². The molecule has 0 atom stereocenters. The number of anilines is 1. The van der Waals surface area contributed by atoms with E-state index in [-0.39, 0.29) is 11.4 Å². The van der Waals surface area contributed by atoms with Gasteiger partial charge in [0, 0.05) is 37.0 Å². The molecule has 1 saturated carbocycles. The van der Waals surface area contributed by atoms with Crippen LogP contribution in [0.15, 0.2) is 18.5 Å². The summed E-state index contributed by atoms with van der Waals surface area (Å²) in [5.41, 5.74) is 12.3. The lowest BCUT2D eigenvalue weighted by Gasteiger charge is -2.34. The van der Waals surface area contributed by atoms with Crippen LogP contribution in [0.25, 0.3) is 10.8 Å². The van der Waals surface area contributed by atoms with Crippen molar-refractivity contribution in [1.82, 2.24) is 9.97 Å². The molecule has 7 nitrogen and oxygen atoms in total. The molecule has 0 amide bonds. The zero-order chi connectivity index (χ0) is 17.7. The lowest BCUT2D eigenvalue weighted by Crippen LogP contribution is -2.42. The number of aromatic nitrogens is 2. The number of hydrogen-bond acceptors (Lipinski definition) is 7. The summed E-state index contributed by atoms with van der Waals surface area (Å²) >= 11 is 0. The molecule has 1 aliphatic rings. The molecule has 2 aromatic heterocycles. The maximum absolute atomic E-state index is 11.5.